The van der Waals surface area contributed by atoms with Gasteiger partial charge in [-0.1, -0.05) is 71.9 Å². The van der Waals surface area contributed by atoms with Crippen LogP contribution in [0, 0.1) is 0 Å². The lowest BCUT2D eigenvalue weighted by Gasteiger charge is -2.44. The maximum absolute atomic E-state index is 12.4. The molecule has 146 valence electrons. The lowest BCUT2D eigenvalue weighted by atomic mass is 10.2. The number of hydrogen-bond acceptors (Lipinski definition) is 4. The highest BCUT2D eigenvalue weighted by Crippen LogP contribution is 2.43. The number of carbonyl (C=O) groups excluding carboxylic acids is 1. The zero-order chi connectivity index (χ0) is 19.3. The Balaban J connectivity index is 1.93. The van der Waals surface area contributed by atoms with Gasteiger partial charge >= 0.3 is 5.97 Å². The van der Waals surface area contributed by atoms with Gasteiger partial charge in [-0.05, 0) is 28.6 Å². The summed E-state index contributed by atoms with van der Waals surface area (Å²) < 4.78 is 12.3. The molecule has 1 aromatic carbocycles. The Kier molecular flexibility index (Phi) is 7.44. The second-order valence-electron chi connectivity index (χ2n) is 8.35. The summed E-state index contributed by atoms with van der Waals surface area (Å²) in [5.74, 6) is -0.175. The SMILES string of the molecule is CC(C)[Si](OC1CNC(C(=O)OCc2ccccc2)C1)(C(C)C)C(C)C. The summed E-state index contributed by atoms with van der Waals surface area (Å²) in [5.41, 5.74) is 2.65. The van der Waals surface area contributed by atoms with Crippen molar-refractivity contribution in [1.82, 2.24) is 5.32 Å². The summed E-state index contributed by atoms with van der Waals surface area (Å²) in [6.45, 7) is 14.8. The minimum Gasteiger partial charge on any atom is -0.460 e. The second-order valence-corrected chi connectivity index (χ2v) is 13.8. The van der Waals surface area contributed by atoms with E-state index in [4.69, 9.17) is 9.16 Å². The molecule has 0 radical (unpaired) electrons. The van der Waals surface area contributed by atoms with Crippen molar-refractivity contribution in [2.45, 2.75) is 83.3 Å². The molecule has 2 unspecified atom stereocenters. The fourth-order valence-corrected chi connectivity index (χ4v) is 10.1. The van der Waals surface area contributed by atoms with E-state index in [9.17, 15) is 4.79 Å². The van der Waals surface area contributed by atoms with Crippen LogP contribution in [0.3, 0.4) is 0 Å². The summed E-state index contributed by atoms with van der Waals surface area (Å²) in [6.07, 6.45) is 0.803. The van der Waals surface area contributed by atoms with Gasteiger partial charge in [0.25, 0.3) is 0 Å². The maximum atomic E-state index is 12.4. The van der Waals surface area contributed by atoms with Gasteiger partial charge in [0.1, 0.15) is 12.6 Å². The zero-order valence-electron chi connectivity index (χ0n) is 17.1. The monoisotopic (exact) mass is 377 g/mol. The molecule has 0 aliphatic carbocycles. The number of hydrogen-bond donors (Lipinski definition) is 1. The van der Waals surface area contributed by atoms with Crippen molar-refractivity contribution in [1.29, 1.82) is 0 Å². The van der Waals surface area contributed by atoms with E-state index in [1.165, 1.54) is 0 Å². The van der Waals surface area contributed by atoms with Crippen molar-refractivity contribution in [3.8, 4) is 0 Å². The minimum atomic E-state index is -1.92. The zero-order valence-corrected chi connectivity index (χ0v) is 18.1. The van der Waals surface area contributed by atoms with Gasteiger partial charge in [-0.15, -0.1) is 0 Å². The molecule has 1 heterocycles. The molecule has 0 saturated carbocycles. The van der Waals surface area contributed by atoms with E-state index in [2.05, 4.69) is 46.9 Å². The van der Waals surface area contributed by atoms with E-state index in [-0.39, 0.29) is 18.1 Å². The van der Waals surface area contributed by atoms with Crippen molar-refractivity contribution in [2.75, 3.05) is 6.54 Å². The Morgan fingerprint density at radius 2 is 1.65 bits per heavy atom. The first-order chi connectivity index (χ1) is 12.3. The molecule has 1 aromatic rings. The molecule has 0 bridgehead atoms. The van der Waals surface area contributed by atoms with Crippen LogP contribution in [0.15, 0.2) is 30.3 Å². The van der Waals surface area contributed by atoms with Crippen LogP contribution >= 0.6 is 0 Å². The summed E-state index contributed by atoms with van der Waals surface area (Å²) >= 11 is 0. The molecule has 1 fully saturated rings. The quantitative estimate of drug-likeness (QED) is 0.529. The third-order valence-electron chi connectivity index (χ3n) is 5.68. The highest BCUT2D eigenvalue weighted by Gasteiger charge is 2.48. The standard InChI is InChI=1S/C21H35NO3Si/c1-15(2)26(16(3)4,17(5)6)25-19-12-20(22-13-19)21(23)24-14-18-10-8-7-9-11-18/h7-11,15-17,19-20,22H,12-14H2,1-6H3. The van der Waals surface area contributed by atoms with Gasteiger partial charge < -0.3 is 14.5 Å². The Morgan fingerprint density at radius 3 is 2.19 bits per heavy atom. The molecule has 2 rings (SSSR count). The van der Waals surface area contributed by atoms with Crippen LogP contribution in [0.2, 0.25) is 16.6 Å². The first-order valence-electron chi connectivity index (χ1n) is 9.89. The Labute approximate surface area is 159 Å². The van der Waals surface area contributed by atoms with Crippen LogP contribution in [-0.4, -0.2) is 33.0 Å². The predicted molar refractivity (Wildman–Crippen MR) is 109 cm³/mol. The van der Waals surface area contributed by atoms with Gasteiger partial charge in [0.15, 0.2) is 0 Å². The largest absolute Gasteiger partial charge is 0.460 e. The van der Waals surface area contributed by atoms with Crippen molar-refractivity contribution >= 4 is 14.3 Å². The fraction of sp³-hybridized carbons (Fsp3) is 0.667. The molecule has 0 spiro atoms. The summed E-state index contributed by atoms with van der Waals surface area (Å²) in [7, 11) is -1.92. The molecular formula is C21H35NO3Si. The molecule has 4 nitrogen and oxygen atoms in total. The Hall–Kier alpha value is -1.17. The normalized spacial score (nSPS) is 21.0. The van der Waals surface area contributed by atoms with Crippen molar-refractivity contribution in [3.63, 3.8) is 0 Å². The summed E-state index contributed by atoms with van der Waals surface area (Å²) in [4.78, 5) is 12.4. The van der Waals surface area contributed by atoms with Gasteiger partial charge in [-0.25, -0.2) is 0 Å². The van der Waals surface area contributed by atoms with E-state index in [1.54, 1.807) is 0 Å². The van der Waals surface area contributed by atoms with Crippen LogP contribution in [0.5, 0.6) is 0 Å². The third kappa shape index (κ3) is 4.75. The van der Waals surface area contributed by atoms with Gasteiger partial charge in [0.05, 0.1) is 6.10 Å². The predicted octanol–water partition coefficient (Wildman–Crippen LogP) is 4.65. The molecule has 1 aliphatic heterocycles. The molecule has 0 amide bonds. The molecule has 26 heavy (non-hydrogen) atoms. The smallest absolute Gasteiger partial charge is 0.323 e. The van der Waals surface area contributed by atoms with Gasteiger partial charge in [-0.2, -0.15) is 0 Å². The molecular weight excluding hydrogens is 342 g/mol. The summed E-state index contributed by atoms with van der Waals surface area (Å²) in [6, 6.07) is 9.54. The number of rotatable bonds is 8. The van der Waals surface area contributed by atoms with E-state index in [1.807, 2.05) is 30.3 Å². The summed E-state index contributed by atoms with van der Waals surface area (Å²) in [5, 5.41) is 3.30. The number of carbonyl (C=O) groups is 1. The van der Waals surface area contributed by atoms with E-state index < -0.39 is 8.32 Å². The van der Waals surface area contributed by atoms with Gasteiger partial charge in [0.2, 0.25) is 8.32 Å². The first kappa shape index (κ1) is 21.1. The van der Waals surface area contributed by atoms with E-state index in [0.717, 1.165) is 12.1 Å². The van der Waals surface area contributed by atoms with Crippen LogP contribution in [-0.2, 0) is 20.6 Å². The number of ether oxygens (including phenoxy) is 1. The lowest BCUT2D eigenvalue weighted by molar-refractivity contribution is -0.147. The first-order valence-corrected chi connectivity index (χ1v) is 12.0. The fourth-order valence-electron chi connectivity index (χ4n) is 4.50. The van der Waals surface area contributed by atoms with Crippen LogP contribution < -0.4 is 5.32 Å². The molecule has 0 aromatic heterocycles. The van der Waals surface area contributed by atoms with Crippen LogP contribution in [0.25, 0.3) is 0 Å². The number of esters is 1. The van der Waals surface area contributed by atoms with Gasteiger partial charge in [-0.3, -0.25) is 4.79 Å². The van der Waals surface area contributed by atoms with E-state index >= 15 is 0 Å². The maximum Gasteiger partial charge on any atom is 0.323 e. The topological polar surface area (TPSA) is 47.6 Å². The lowest BCUT2D eigenvalue weighted by Crippen LogP contribution is -2.50. The molecule has 2 atom stereocenters. The second kappa shape index (κ2) is 9.15. The third-order valence-corrected chi connectivity index (χ3v) is 11.8. The average molecular weight is 378 g/mol. The number of nitrogens with one attached hydrogen (secondary N) is 1. The van der Waals surface area contributed by atoms with Crippen molar-refractivity contribution < 1.29 is 14.0 Å². The highest BCUT2D eigenvalue weighted by atomic mass is 28.4. The van der Waals surface area contributed by atoms with Crippen molar-refractivity contribution in [2.24, 2.45) is 0 Å². The average Bonchev–Trinajstić information content (AvgIpc) is 3.06. The number of benzene rings is 1. The van der Waals surface area contributed by atoms with E-state index in [0.29, 0.717) is 29.7 Å². The highest BCUT2D eigenvalue weighted by molar-refractivity contribution is 6.77. The van der Waals surface area contributed by atoms with Gasteiger partial charge in [0, 0.05) is 6.54 Å². The molecule has 1 aliphatic rings. The van der Waals surface area contributed by atoms with Crippen LogP contribution in [0.1, 0.15) is 53.5 Å². The van der Waals surface area contributed by atoms with Crippen molar-refractivity contribution in [3.05, 3.63) is 35.9 Å². The van der Waals surface area contributed by atoms with Crippen LogP contribution in [0.4, 0.5) is 0 Å². The Morgan fingerprint density at radius 1 is 1.08 bits per heavy atom. The molecule has 5 heteroatoms. The molecule has 1 saturated heterocycles. The molecule has 1 N–H and O–H groups in total. The Bertz CT molecular complexity index is 552. The minimum absolute atomic E-state index is 0.100.